The summed E-state index contributed by atoms with van der Waals surface area (Å²) in [6.07, 6.45) is 0. The monoisotopic (exact) mass is 424 g/mol. The summed E-state index contributed by atoms with van der Waals surface area (Å²) in [4.78, 5) is 10.1. The molecular formula is C23H32N6O2. The Kier molecular flexibility index (Phi) is 8.26. The van der Waals surface area contributed by atoms with E-state index in [4.69, 9.17) is 9.47 Å². The van der Waals surface area contributed by atoms with Crippen LogP contribution in [0.4, 0.5) is 5.95 Å². The number of hydrogen-bond acceptors (Lipinski definition) is 7. The van der Waals surface area contributed by atoms with E-state index in [9.17, 15) is 0 Å². The fourth-order valence-electron chi connectivity index (χ4n) is 3.54. The topological polar surface area (TPSA) is 86.5 Å². The minimum atomic E-state index is 0.705. The van der Waals surface area contributed by atoms with Crippen molar-refractivity contribution in [3.05, 3.63) is 59.7 Å². The molecule has 0 spiro atoms. The van der Waals surface area contributed by atoms with Gasteiger partial charge in [-0.3, -0.25) is 10.3 Å². The Morgan fingerprint density at radius 3 is 2.32 bits per heavy atom. The Labute approximate surface area is 183 Å². The zero-order valence-corrected chi connectivity index (χ0v) is 17.9. The van der Waals surface area contributed by atoms with E-state index in [0.29, 0.717) is 12.5 Å². The summed E-state index contributed by atoms with van der Waals surface area (Å²) in [6.45, 7) is 8.17. The van der Waals surface area contributed by atoms with E-state index < -0.39 is 0 Å². The molecule has 2 heterocycles. The second-order valence-electron chi connectivity index (χ2n) is 7.65. The SMILES string of the molecule is c1ccc2[nH]c(NNCc3ccc(CN4CCOCCNCCOCC4)cc3)nc2c1. The molecule has 0 bridgehead atoms. The van der Waals surface area contributed by atoms with Crippen LogP contribution < -0.4 is 16.2 Å². The first-order valence-corrected chi connectivity index (χ1v) is 11.0. The molecule has 8 nitrogen and oxygen atoms in total. The number of para-hydroxylation sites is 2. The lowest BCUT2D eigenvalue weighted by atomic mass is 10.1. The first kappa shape index (κ1) is 21.7. The summed E-state index contributed by atoms with van der Waals surface area (Å²) < 4.78 is 11.5. The molecule has 1 aliphatic rings. The Morgan fingerprint density at radius 1 is 0.871 bits per heavy atom. The summed E-state index contributed by atoms with van der Waals surface area (Å²) in [6, 6.07) is 16.7. The lowest BCUT2D eigenvalue weighted by Gasteiger charge is -2.23. The van der Waals surface area contributed by atoms with Crippen molar-refractivity contribution in [3.8, 4) is 0 Å². The largest absolute Gasteiger partial charge is 0.379 e. The van der Waals surface area contributed by atoms with Crippen molar-refractivity contribution in [2.45, 2.75) is 13.1 Å². The van der Waals surface area contributed by atoms with Crippen LogP contribution in [0.3, 0.4) is 0 Å². The van der Waals surface area contributed by atoms with Gasteiger partial charge in [0.2, 0.25) is 5.95 Å². The van der Waals surface area contributed by atoms with E-state index in [1.165, 1.54) is 11.1 Å². The van der Waals surface area contributed by atoms with Gasteiger partial charge in [0.1, 0.15) is 0 Å². The third-order valence-electron chi connectivity index (χ3n) is 5.27. The van der Waals surface area contributed by atoms with Crippen LogP contribution in [0, 0.1) is 0 Å². The van der Waals surface area contributed by atoms with Crippen LogP contribution in [0.25, 0.3) is 11.0 Å². The number of H-pyrrole nitrogens is 1. The highest BCUT2D eigenvalue weighted by molar-refractivity contribution is 5.77. The Bertz CT molecular complexity index is 869. The molecule has 0 saturated carbocycles. The number of fused-ring (bicyclic) bond motifs is 1. The normalized spacial score (nSPS) is 17.2. The smallest absolute Gasteiger partial charge is 0.215 e. The van der Waals surface area contributed by atoms with E-state index in [1.807, 2.05) is 24.3 Å². The van der Waals surface area contributed by atoms with Crippen molar-refractivity contribution < 1.29 is 9.47 Å². The van der Waals surface area contributed by atoms with Crippen molar-refractivity contribution in [3.63, 3.8) is 0 Å². The van der Waals surface area contributed by atoms with Gasteiger partial charge >= 0.3 is 0 Å². The quantitative estimate of drug-likeness (QED) is 0.451. The highest BCUT2D eigenvalue weighted by Gasteiger charge is 2.08. The molecule has 31 heavy (non-hydrogen) atoms. The fraction of sp³-hybridized carbons (Fsp3) is 0.435. The van der Waals surface area contributed by atoms with Crippen LogP contribution in [0.1, 0.15) is 11.1 Å². The van der Waals surface area contributed by atoms with E-state index in [2.05, 4.69) is 55.3 Å². The lowest BCUT2D eigenvalue weighted by Crippen LogP contribution is -2.33. The maximum Gasteiger partial charge on any atom is 0.215 e. The molecule has 1 fully saturated rings. The summed E-state index contributed by atoms with van der Waals surface area (Å²) in [5.74, 6) is 0.716. The highest BCUT2D eigenvalue weighted by atomic mass is 16.5. The zero-order chi connectivity index (χ0) is 21.1. The molecule has 8 heteroatoms. The average molecular weight is 425 g/mol. The van der Waals surface area contributed by atoms with Gasteiger partial charge in [0.05, 0.1) is 37.5 Å². The number of imidazole rings is 1. The van der Waals surface area contributed by atoms with Crippen LogP contribution in [-0.2, 0) is 22.6 Å². The number of benzene rings is 2. The lowest BCUT2D eigenvalue weighted by molar-refractivity contribution is 0.0639. The van der Waals surface area contributed by atoms with Gasteiger partial charge < -0.3 is 19.8 Å². The van der Waals surface area contributed by atoms with E-state index in [-0.39, 0.29) is 0 Å². The minimum absolute atomic E-state index is 0.705. The van der Waals surface area contributed by atoms with Crippen molar-refractivity contribution in [2.75, 3.05) is 58.0 Å². The van der Waals surface area contributed by atoms with Crippen molar-refractivity contribution in [1.29, 1.82) is 0 Å². The summed E-state index contributed by atoms with van der Waals surface area (Å²) in [5.41, 5.74) is 10.8. The molecule has 1 saturated heterocycles. The number of ether oxygens (including phenoxy) is 2. The molecule has 0 atom stereocenters. The highest BCUT2D eigenvalue weighted by Crippen LogP contribution is 2.13. The van der Waals surface area contributed by atoms with Gasteiger partial charge in [-0.25, -0.2) is 10.4 Å². The van der Waals surface area contributed by atoms with Crippen LogP contribution >= 0.6 is 0 Å². The molecule has 4 rings (SSSR count). The summed E-state index contributed by atoms with van der Waals surface area (Å²) in [5, 5.41) is 3.31. The maximum atomic E-state index is 5.73. The Morgan fingerprint density at radius 2 is 1.58 bits per heavy atom. The number of aromatic amines is 1. The predicted octanol–water partition coefficient (Wildman–Crippen LogP) is 2.12. The maximum absolute atomic E-state index is 5.73. The standard InChI is InChI=1S/C23H32N6O2/c1-2-4-22-21(3-1)26-23(27-22)28-25-17-19-5-7-20(8-6-19)18-29-11-15-30-13-9-24-10-14-31-16-12-29/h1-8,24-25H,9-18H2,(H2,26,27,28). The predicted molar refractivity (Wildman–Crippen MR) is 123 cm³/mol. The van der Waals surface area contributed by atoms with Gasteiger partial charge in [0, 0.05) is 39.3 Å². The molecule has 0 unspecified atom stereocenters. The molecule has 0 radical (unpaired) electrons. The van der Waals surface area contributed by atoms with Gasteiger partial charge in [-0.05, 0) is 23.3 Å². The molecular weight excluding hydrogens is 392 g/mol. The number of nitrogens with one attached hydrogen (secondary N) is 4. The van der Waals surface area contributed by atoms with E-state index in [0.717, 1.165) is 70.2 Å². The van der Waals surface area contributed by atoms with Crippen LogP contribution in [0.5, 0.6) is 0 Å². The molecule has 4 N–H and O–H groups in total. The zero-order valence-electron chi connectivity index (χ0n) is 17.9. The molecule has 3 aromatic rings. The first-order chi connectivity index (χ1) is 15.4. The van der Waals surface area contributed by atoms with Crippen LogP contribution in [0.2, 0.25) is 0 Å². The van der Waals surface area contributed by atoms with Crippen molar-refractivity contribution >= 4 is 17.0 Å². The van der Waals surface area contributed by atoms with E-state index in [1.54, 1.807) is 0 Å². The third-order valence-corrected chi connectivity index (χ3v) is 5.27. The molecule has 1 aliphatic heterocycles. The Hall–Kier alpha value is -2.49. The van der Waals surface area contributed by atoms with Gasteiger partial charge in [0.25, 0.3) is 0 Å². The Balaban J connectivity index is 1.23. The molecule has 0 amide bonds. The van der Waals surface area contributed by atoms with Crippen molar-refractivity contribution in [1.82, 2.24) is 25.6 Å². The van der Waals surface area contributed by atoms with Gasteiger partial charge in [-0.2, -0.15) is 0 Å². The number of anilines is 1. The van der Waals surface area contributed by atoms with Gasteiger partial charge in [0.15, 0.2) is 0 Å². The second kappa shape index (κ2) is 11.8. The number of hydrogen-bond donors (Lipinski definition) is 4. The van der Waals surface area contributed by atoms with Crippen molar-refractivity contribution in [2.24, 2.45) is 0 Å². The van der Waals surface area contributed by atoms with Crippen LogP contribution in [-0.4, -0.2) is 67.5 Å². The molecule has 0 aliphatic carbocycles. The molecule has 1 aromatic heterocycles. The molecule has 166 valence electrons. The average Bonchev–Trinajstić information content (AvgIpc) is 3.20. The summed E-state index contributed by atoms with van der Waals surface area (Å²) in [7, 11) is 0. The summed E-state index contributed by atoms with van der Waals surface area (Å²) >= 11 is 0. The minimum Gasteiger partial charge on any atom is -0.379 e. The van der Waals surface area contributed by atoms with E-state index >= 15 is 0 Å². The number of aromatic nitrogens is 2. The number of hydrazine groups is 1. The fourth-order valence-corrected chi connectivity index (χ4v) is 3.54. The van der Waals surface area contributed by atoms with Gasteiger partial charge in [-0.1, -0.05) is 36.4 Å². The first-order valence-electron chi connectivity index (χ1n) is 11.0. The molecule has 2 aromatic carbocycles. The number of rotatable bonds is 6. The van der Waals surface area contributed by atoms with Crippen LogP contribution in [0.15, 0.2) is 48.5 Å². The second-order valence-corrected chi connectivity index (χ2v) is 7.65. The third kappa shape index (κ3) is 7.02. The number of nitrogens with zero attached hydrogens (tertiary/aromatic N) is 2. The van der Waals surface area contributed by atoms with Gasteiger partial charge in [-0.15, -0.1) is 0 Å².